The number of benzene rings is 2. The van der Waals surface area contributed by atoms with Crippen molar-refractivity contribution in [3.63, 3.8) is 0 Å². The maximum absolute atomic E-state index is 14.0. The second-order valence-electron chi connectivity index (χ2n) is 6.93. The number of nitrogens with one attached hydrogen (secondary N) is 1. The Balaban J connectivity index is 2.06. The van der Waals surface area contributed by atoms with Gasteiger partial charge in [-0.05, 0) is 36.8 Å². The average Bonchev–Trinajstić information content (AvgIpc) is 2.72. The maximum atomic E-state index is 14.0. The molecule has 3 rings (SSSR count). The van der Waals surface area contributed by atoms with Gasteiger partial charge in [0.2, 0.25) is 0 Å². The van der Waals surface area contributed by atoms with Gasteiger partial charge in [0.15, 0.2) is 0 Å². The summed E-state index contributed by atoms with van der Waals surface area (Å²) in [5, 5.41) is 13.0. The van der Waals surface area contributed by atoms with Crippen LogP contribution in [0.1, 0.15) is 18.5 Å². The second-order valence-corrected chi connectivity index (χ2v) is 6.93. The van der Waals surface area contributed by atoms with Crippen LogP contribution in [0.5, 0.6) is 11.5 Å². The molecule has 0 aliphatic carbocycles. The minimum absolute atomic E-state index is 0.0649. The van der Waals surface area contributed by atoms with E-state index in [1.54, 1.807) is 36.4 Å². The Hall–Kier alpha value is -3.27. The van der Waals surface area contributed by atoms with Crippen LogP contribution in [-0.4, -0.2) is 47.6 Å². The molecule has 10 heteroatoms. The molecule has 1 fully saturated rings. The third kappa shape index (κ3) is 4.15. The lowest BCUT2D eigenvalue weighted by molar-refractivity contribution is -0.328. The van der Waals surface area contributed by atoms with Crippen molar-refractivity contribution in [2.45, 2.75) is 24.9 Å². The first-order chi connectivity index (χ1) is 14.6. The number of aliphatic hydroxyl groups is 1. The van der Waals surface area contributed by atoms with Crippen LogP contribution in [0.25, 0.3) is 0 Å². The average molecular weight is 438 g/mol. The zero-order valence-corrected chi connectivity index (χ0v) is 16.7. The molecule has 0 bridgehead atoms. The Morgan fingerprint density at radius 1 is 1.16 bits per heavy atom. The number of hydrogen-bond donors (Lipinski definition) is 2. The van der Waals surface area contributed by atoms with Crippen LogP contribution in [0.15, 0.2) is 54.6 Å². The summed E-state index contributed by atoms with van der Waals surface area (Å²) < 4.78 is 52.4. The van der Waals surface area contributed by atoms with Crippen molar-refractivity contribution < 1.29 is 37.3 Å². The fourth-order valence-corrected chi connectivity index (χ4v) is 3.48. The zero-order chi connectivity index (χ0) is 22.8. The number of carbonyl (C=O) groups excluding carboxylic acids is 2. The summed E-state index contributed by atoms with van der Waals surface area (Å²) in [7, 11) is 0.764. The molecule has 3 atom stereocenters. The molecule has 0 aromatic heterocycles. The molecule has 2 amide bonds. The van der Waals surface area contributed by atoms with Crippen LogP contribution in [0.4, 0.5) is 18.0 Å². The van der Waals surface area contributed by atoms with Crippen molar-refractivity contribution in [1.82, 2.24) is 10.2 Å². The number of nitrogens with zero attached hydrogens (tertiary/aromatic N) is 1. The van der Waals surface area contributed by atoms with Crippen molar-refractivity contribution in [1.29, 1.82) is 0 Å². The number of para-hydroxylation sites is 1. The van der Waals surface area contributed by atoms with Gasteiger partial charge in [0.25, 0.3) is 5.72 Å². The largest absolute Gasteiger partial charge is 0.466 e. The summed E-state index contributed by atoms with van der Waals surface area (Å²) in [6.07, 6.45) is -5.33. The van der Waals surface area contributed by atoms with Crippen molar-refractivity contribution in [3.8, 4) is 11.5 Å². The van der Waals surface area contributed by atoms with Crippen molar-refractivity contribution in [2.75, 3.05) is 13.7 Å². The highest BCUT2D eigenvalue weighted by Gasteiger charge is 2.69. The number of esters is 1. The van der Waals surface area contributed by atoms with Crippen LogP contribution in [-0.2, 0) is 9.53 Å². The summed E-state index contributed by atoms with van der Waals surface area (Å²) in [6, 6.07) is 11.8. The van der Waals surface area contributed by atoms with Crippen molar-refractivity contribution in [3.05, 3.63) is 60.2 Å². The minimum Gasteiger partial charge on any atom is -0.466 e. The molecule has 2 aromatic carbocycles. The van der Waals surface area contributed by atoms with E-state index in [1.807, 2.05) is 0 Å². The highest BCUT2D eigenvalue weighted by Crippen LogP contribution is 2.47. The highest BCUT2D eigenvalue weighted by atomic mass is 19.4. The third-order valence-electron chi connectivity index (χ3n) is 5.02. The van der Waals surface area contributed by atoms with Gasteiger partial charge < -0.3 is 19.9 Å². The van der Waals surface area contributed by atoms with E-state index in [0.29, 0.717) is 5.75 Å². The molecule has 1 aliphatic heterocycles. The quantitative estimate of drug-likeness (QED) is 0.697. The van der Waals surface area contributed by atoms with Gasteiger partial charge in [-0.15, -0.1) is 0 Å². The second kappa shape index (κ2) is 8.46. The lowest BCUT2D eigenvalue weighted by Crippen LogP contribution is -2.73. The van der Waals surface area contributed by atoms with Crippen LogP contribution < -0.4 is 10.1 Å². The van der Waals surface area contributed by atoms with Gasteiger partial charge in [0.05, 0.1) is 12.6 Å². The lowest BCUT2D eigenvalue weighted by atomic mass is 9.81. The molecule has 1 heterocycles. The fraction of sp³-hybridized carbons (Fsp3) is 0.333. The topological polar surface area (TPSA) is 88.1 Å². The fourth-order valence-electron chi connectivity index (χ4n) is 3.48. The van der Waals surface area contributed by atoms with E-state index in [1.165, 1.54) is 25.1 Å². The minimum atomic E-state index is -5.33. The molecule has 0 radical (unpaired) electrons. The van der Waals surface area contributed by atoms with Gasteiger partial charge in [-0.3, -0.25) is 9.69 Å². The first-order valence-corrected chi connectivity index (χ1v) is 9.42. The van der Waals surface area contributed by atoms with Gasteiger partial charge in [0, 0.05) is 7.05 Å². The molecular formula is C21H21F3N2O5. The Bertz CT molecular complexity index is 954. The monoisotopic (exact) mass is 438 g/mol. The summed E-state index contributed by atoms with van der Waals surface area (Å²) >= 11 is 0. The van der Waals surface area contributed by atoms with Crippen LogP contribution >= 0.6 is 0 Å². The van der Waals surface area contributed by atoms with Gasteiger partial charge in [-0.1, -0.05) is 30.3 Å². The molecule has 7 nitrogen and oxygen atoms in total. The molecule has 0 spiro atoms. The molecule has 31 heavy (non-hydrogen) atoms. The van der Waals surface area contributed by atoms with E-state index in [-0.39, 0.29) is 22.8 Å². The number of ether oxygens (including phenoxy) is 2. The summed E-state index contributed by atoms with van der Waals surface area (Å²) in [4.78, 5) is 25.0. The predicted octanol–water partition coefficient (Wildman–Crippen LogP) is 3.61. The van der Waals surface area contributed by atoms with E-state index >= 15 is 0 Å². The number of carbonyl (C=O) groups is 2. The van der Waals surface area contributed by atoms with Gasteiger partial charge >= 0.3 is 18.2 Å². The summed E-state index contributed by atoms with van der Waals surface area (Å²) in [6.45, 7) is 1.23. The first-order valence-electron chi connectivity index (χ1n) is 9.42. The van der Waals surface area contributed by atoms with E-state index in [4.69, 9.17) is 9.47 Å². The van der Waals surface area contributed by atoms with Gasteiger partial charge in [0.1, 0.15) is 17.4 Å². The molecule has 0 saturated carbocycles. The molecule has 1 saturated heterocycles. The standard InChI is InChI=1S/C21H21F3N2O5/c1-3-30-18(27)16-17(25-19(28)26(2)20(16,29)21(22,23)24)13-8-7-11-15(12-13)31-14-9-5-4-6-10-14/h4-12,16-17,29H,3H2,1-2H3,(H,25,28)/t16-,17+,20-/m1/s1. The molecule has 166 valence electrons. The Morgan fingerprint density at radius 2 is 1.81 bits per heavy atom. The van der Waals surface area contributed by atoms with E-state index in [9.17, 15) is 27.9 Å². The van der Waals surface area contributed by atoms with Gasteiger partial charge in [-0.2, -0.15) is 13.2 Å². The molecular weight excluding hydrogens is 417 g/mol. The highest BCUT2D eigenvalue weighted by molar-refractivity contribution is 5.83. The molecule has 2 N–H and O–H groups in total. The Labute approximate surface area is 176 Å². The van der Waals surface area contributed by atoms with Crippen molar-refractivity contribution in [2.24, 2.45) is 5.92 Å². The number of halogens is 3. The Kier molecular flexibility index (Phi) is 6.12. The first kappa shape index (κ1) is 22.4. The van der Waals surface area contributed by atoms with Gasteiger partial charge in [-0.25, -0.2) is 4.79 Å². The lowest BCUT2D eigenvalue weighted by Gasteiger charge is -2.49. The van der Waals surface area contributed by atoms with Crippen LogP contribution in [0.3, 0.4) is 0 Å². The number of rotatable bonds is 5. The number of alkyl halides is 3. The number of hydrogen-bond acceptors (Lipinski definition) is 5. The van der Waals surface area contributed by atoms with Crippen LogP contribution in [0.2, 0.25) is 0 Å². The smallest absolute Gasteiger partial charge is 0.437 e. The normalized spacial score (nSPS) is 23.8. The number of amides is 2. The zero-order valence-electron chi connectivity index (χ0n) is 16.7. The maximum Gasteiger partial charge on any atom is 0.437 e. The third-order valence-corrected chi connectivity index (χ3v) is 5.02. The van der Waals surface area contributed by atoms with E-state index in [2.05, 4.69) is 5.32 Å². The van der Waals surface area contributed by atoms with E-state index < -0.39 is 35.9 Å². The summed E-state index contributed by atoms with van der Waals surface area (Å²) in [5.41, 5.74) is -3.64. The molecule has 1 aliphatic rings. The SMILES string of the molecule is CCOC(=O)[C@H]1[C@H](c2cccc(Oc3ccccc3)c2)NC(=O)N(C)[C@]1(O)C(F)(F)F. The van der Waals surface area contributed by atoms with E-state index in [0.717, 1.165) is 7.05 Å². The number of urea groups is 1. The molecule has 0 unspecified atom stereocenters. The van der Waals surface area contributed by atoms with Crippen molar-refractivity contribution >= 4 is 12.0 Å². The van der Waals surface area contributed by atoms with Crippen LogP contribution in [0, 0.1) is 5.92 Å². The summed E-state index contributed by atoms with van der Waals surface area (Å²) in [5.74, 6) is -2.72. The molecule has 2 aromatic rings. The Morgan fingerprint density at radius 3 is 2.42 bits per heavy atom. The predicted molar refractivity (Wildman–Crippen MR) is 103 cm³/mol.